The zero-order valence-corrected chi connectivity index (χ0v) is 15.1. The van der Waals surface area contributed by atoms with Gasteiger partial charge in [-0.25, -0.2) is 0 Å². The maximum atomic E-state index is 11.1. The molecule has 0 saturated heterocycles. The number of hydrogen-bond donors (Lipinski definition) is 0. The molecule has 0 spiro atoms. The lowest BCUT2D eigenvalue weighted by molar-refractivity contribution is 0.112. The summed E-state index contributed by atoms with van der Waals surface area (Å²) in [4.78, 5) is 11.1. The fourth-order valence-electron chi connectivity index (χ4n) is 4.64. The summed E-state index contributed by atoms with van der Waals surface area (Å²) in [7, 11) is 0. The number of carbonyl (C=O) groups is 1. The fourth-order valence-corrected chi connectivity index (χ4v) is 4.64. The van der Waals surface area contributed by atoms with Gasteiger partial charge in [-0.15, -0.1) is 0 Å². The Balaban J connectivity index is 1.89. The summed E-state index contributed by atoms with van der Waals surface area (Å²) in [5, 5.41) is 10.3. The number of fused-ring (bicyclic) bond motifs is 2. The van der Waals surface area contributed by atoms with Crippen molar-refractivity contribution in [1.29, 1.82) is 0 Å². The molecule has 0 aliphatic heterocycles. The molecule has 0 bridgehead atoms. The second kappa shape index (κ2) is 5.64. The monoisotopic (exact) mass is 356 g/mol. The third-order valence-corrected chi connectivity index (χ3v) is 5.87. The van der Waals surface area contributed by atoms with Gasteiger partial charge in [0.25, 0.3) is 0 Å². The van der Waals surface area contributed by atoms with E-state index in [9.17, 15) is 4.79 Å². The van der Waals surface area contributed by atoms with E-state index < -0.39 is 0 Å². The predicted molar refractivity (Wildman–Crippen MR) is 118 cm³/mol. The van der Waals surface area contributed by atoms with Crippen LogP contribution in [0.15, 0.2) is 91.0 Å². The van der Waals surface area contributed by atoms with Crippen molar-refractivity contribution in [1.82, 2.24) is 0 Å². The van der Waals surface area contributed by atoms with Crippen LogP contribution in [-0.4, -0.2) is 6.29 Å². The van der Waals surface area contributed by atoms with Crippen molar-refractivity contribution in [2.24, 2.45) is 0 Å². The Bertz CT molecular complexity index is 1500. The van der Waals surface area contributed by atoms with E-state index >= 15 is 0 Å². The quantitative estimate of drug-likeness (QED) is 0.182. The fraction of sp³-hybridized carbons (Fsp3) is 0. The van der Waals surface area contributed by atoms with Crippen molar-refractivity contribution < 1.29 is 4.79 Å². The summed E-state index contributed by atoms with van der Waals surface area (Å²) in [5.74, 6) is 0. The van der Waals surface area contributed by atoms with Gasteiger partial charge in [0.1, 0.15) is 6.29 Å². The first-order chi connectivity index (χ1) is 13.8. The molecule has 0 unspecified atom stereocenters. The molecular weight excluding hydrogens is 340 g/mol. The predicted octanol–water partition coefficient (Wildman–Crippen LogP) is 7.22. The molecular formula is C27H16O. The molecule has 6 aromatic rings. The van der Waals surface area contributed by atoms with Crippen LogP contribution in [0.1, 0.15) is 10.4 Å². The molecule has 0 amide bonds. The number of benzene rings is 6. The van der Waals surface area contributed by atoms with Crippen LogP contribution in [0.4, 0.5) is 0 Å². The van der Waals surface area contributed by atoms with E-state index in [0.29, 0.717) is 5.56 Å². The van der Waals surface area contributed by atoms with Gasteiger partial charge in [0, 0.05) is 5.56 Å². The molecule has 0 atom stereocenters. The average Bonchev–Trinajstić information content (AvgIpc) is 2.77. The van der Waals surface area contributed by atoms with Crippen molar-refractivity contribution >= 4 is 49.4 Å². The van der Waals surface area contributed by atoms with Crippen LogP contribution in [0.3, 0.4) is 0 Å². The van der Waals surface area contributed by atoms with Gasteiger partial charge in [-0.05, 0) is 54.2 Å². The van der Waals surface area contributed by atoms with Crippen molar-refractivity contribution in [3.63, 3.8) is 0 Å². The number of carbonyl (C=O) groups excluding carboxylic acids is 1. The van der Waals surface area contributed by atoms with Crippen molar-refractivity contribution in [3.05, 3.63) is 96.6 Å². The molecule has 130 valence electrons. The summed E-state index contributed by atoms with van der Waals surface area (Å²) in [6.45, 7) is 0. The summed E-state index contributed by atoms with van der Waals surface area (Å²) in [6, 6.07) is 32.0. The minimum absolute atomic E-state index is 0.700. The summed E-state index contributed by atoms with van der Waals surface area (Å²) in [5.41, 5.74) is 3.04. The highest BCUT2D eigenvalue weighted by Gasteiger charge is 2.15. The van der Waals surface area contributed by atoms with Crippen LogP contribution in [0.2, 0.25) is 0 Å². The molecule has 0 aliphatic carbocycles. The first-order valence-electron chi connectivity index (χ1n) is 9.49. The van der Waals surface area contributed by atoms with Crippen molar-refractivity contribution in [2.45, 2.75) is 0 Å². The van der Waals surface area contributed by atoms with Gasteiger partial charge in [-0.3, -0.25) is 4.79 Å². The molecule has 6 aromatic carbocycles. The maximum Gasteiger partial charge on any atom is 0.150 e. The standard InChI is InChI=1S/C27H16O/c28-16-17-10-12-18(13-11-17)21-15-14-20-6-2-8-23-22-7-1-4-19-5-3-9-24(25(19)22)27(21)26(20)23/h1-16H. The van der Waals surface area contributed by atoms with Crippen LogP contribution < -0.4 is 0 Å². The molecule has 0 N–H and O–H groups in total. The zero-order chi connectivity index (χ0) is 18.7. The largest absolute Gasteiger partial charge is 0.298 e. The van der Waals surface area contributed by atoms with Crippen molar-refractivity contribution in [2.75, 3.05) is 0 Å². The molecule has 0 aliphatic rings. The third kappa shape index (κ3) is 1.99. The smallest absolute Gasteiger partial charge is 0.150 e. The number of hydrogen-bond acceptors (Lipinski definition) is 1. The Morgan fingerprint density at radius 1 is 0.500 bits per heavy atom. The lowest BCUT2D eigenvalue weighted by atomic mass is 9.86. The summed E-state index contributed by atoms with van der Waals surface area (Å²) in [6.07, 6.45) is 0.892. The van der Waals surface area contributed by atoms with Gasteiger partial charge in [-0.2, -0.15) is 0 Å². The summed E-state index contributed by atoms with van der Waals surface area (Å²) >= 11 is 0. The maximum absolute atomic E-state index is 11.1. The van der Waals surface area contributed by atoms with Crippen LogP contribution in [0, 0.1) is 0 Å². The van der Waals surface area contributed by atoms with Gasteiger partial charge in [0.2, 0.25) is 0 Å². The van der Waals surface area contributed by atoms with Crippen LogP contribution in [0.5, 0.6) is 0 Å². The van der Waals surface area contributed by atoms with E-state index in [1.165, 1.54) is 48.7 Å². The molecule has 0 heterocycles. The third-order valence-electron chi connectivity index (χ3n) is 5.87. The lowest BCUT2D eigenvalue weighted by Crippen LogP contribution is -1.90. The van der Waals surface area contributed by atoms with Crippen molar-refractivity contribution in [3.8, 4) is 11.1 Å². The average molecular weight is 356 g/mol. The van der Waals surface area contributed by atoms with Crippen LogP contribution in [-0.2, 0) is 0 Å². The van der Waals surface area contributed by atoms with Gasteiger partial charge in [0.15, 0.2) is 0 Å². The first kappa shape index (κ1) is 15.4. The highest BCUT2D eigenvalue weighted by atomic mass is 16.1. The Morgan fingerprint density at radius 2 is 1.11 bits per heavy atom. The molecule has 0 radical (unpaired) electrons. The molecule has 1 nitrogen and oxygen atoms in total. The molecule has 0 saturated carbocycles. The van der Waals surface area contributed by atoms with E-state index in [1.807, 2.05) is 24.3 Å². The van der Waals surface area contributed by atoms with E-state index in [4.69, 9.17) is 0 Å². The minimum atomic E-state index is 0.700. The van der Waals surface area contributed by atoms with E-state index in [2.05, 4.69) is 66.7 Å². The SMILES string of the molecule is O=Cc1ccc(-c2ccc3cccc4c5cccc6cccc(c2c34)c65)cc1. The molecule has 28 heavy (non-hydrogen) atoms. The van der Waals surface area contributed by atoms with Gasteiger partial charge in [-0.1, -0.05) is 91.0 Å². The van der Waals surface area contributed by atoms with Crippen LogP contribution >= 0.6 is 0 Å². The van der Waals surface area contributed by atoms with Gasteiger partial charge >= 0.3 is 0 Å². The highest BCUT2D eigenvalue weighted by Crippen LogP contribution is 2.43. The molecule has 0 aromatic heterocycles. The zero-order valence-electron chi connectivity index (χ0n) is 15.1. The Hall–Kier alpha value is -3.71. The highest BCUT2D eigenvalue weighted by molar-refractivity contribution is 6.35. The first-order valence-corrected chi connectivity index (χ1v) is 9.49. The summed E-state index contributed by atoms with van der Waals surface area (Å²) < 4.78 is 0. The van der Waals surface area contributed by atoms with Crippen LogP contribution in [0.25, 0.3) is 54.2 Å². The molecule has 1 heteroatoms. The Labute approximate surface area is 162 Å². The molecule has 6 rings (SSSR count). The lowest BCUT2D eigenvalue weighted by Gasteiger charge is -2.17. The Kier molecular flexibility index (Phi) is 3.09. The normalized spacial score (nSPS) is 11.7. The Morgan fingerprint density at radius 3 is 1.79 bits per heavy atom. The van der Waals surface area contributed by atoms with E-state index in [-0.39, 0.29) is 0 Å². The number of rotatable bonds is 2. The minimum Gasteiger partial charge on any atom is -0.298 e. The van der Waals surface area contributed by atoms with Gasteiger partial charge in [0.05, 0.1) is 0 Å². The van der Waals surface area contributed by atoms with E-state index in [1.54, 1.807) is 0 Å². The molecule has 0 fully saturated rings. The van der Waals surface area contributed by atoms with E-state index in [0.717, 1.165) is 11.8 Å². The second-order valence-corrected chi connectivity index (χ2v) is 7.34. The van der Waals surface area contributed by atoms with Gasteiger partial charge < -0.3 is 0 Å². The number of aldehydes is 1. The second-order valence-electron chi connectivity index (χ2n) is 7.34. The topological polar surface area (TPSA) is 17.1 Å².